The van der Waals surface area contributed by atoms with Crippen molar-refractivity contribution in [2.24, 2.45) is 11.3 Å². The van der Waals surface area contributed by atoms with Gasteiger partial charge in [0.15, 0.2) is 0 Å². The van der Waals surface area contributed by atoms with Crippen molar-refractivity contribution in [3.8, 4) is 11.1 Å². The molecular weight excluding hydrogens is 339 g/mol. The van der Waals surface area contributed by atoms with Gasteiger partial charge < -0.3 is 9.47 Å². The van der Waals surface area contributed by atoms with Crippen LogP contribution < -0.4 is 0 Å². The van der Waals surface area contributed by atoms with E-state index in [1.807, 2.05) is 18.2 Å². The molecule has 0 aliphatic heterocycles. The van der Waals surface area contributed by atoms with Crippen LogP contribution in [-0.2, 0) is 15.9 Å². The minimum atomic E-state index is -0.208. The standard InChI is InChI=1S/C24H33FO2/c1-17(2)15-18-11-12-19(20-9-7-8-10-22(20)25)21(16-18)23(24(3,4)5)27-14-13-26-6/h7-12,16-17,23H,13-15H2,1-6H3/t23-/m0/s1. The maximum atomic E-state index is 14.6. The van der Waals surface area contributed by atoms with Gasteiger partial charge in [-0.2, -0.15) is 0 Å². The maximum absolute atomic E-state index is 14.6. The smallest absolute Gasteiger partial charge is 0.131 e. The van der Waals surface area contributed by atoms with Gasteiger partial charge in [0.25, 0.3) is 0 Å². The highest BCUT2D eigenvalue weighted by atomic mass is 19.1. The molecule has 0 aromatic heterocycles. The Labute approximate surface area is 163 Å². The molecule has 0 saturated heterocycles. The van der Waals surface area contributed by atoms with Crippen molar-refractivity contribution >= 4 is 0 Å². The van der Waals surface area contributed by atoms with Crippen LogP contribution in [0.1, 0.15) is 51.8 Å². The summed E-state index contributed by atoms with van der Waals surface area (Å²) in [7, 11) is 1.67. The Balaban J connectivity index is 2.58. The van der Waals surface area contributed by atoms with Crippen LogP contribution in [0.25, 0.3) is 11.1 Å². The predicted octanol–water partition coefficient (Wildman–Crippen LogP) is 6.44. The second-order valence-corrected chi connectivity index (χ2v) is 8.61. The fraction of sp³-hybridized carbons (Fsp3) is 0.500. The molecule has 2 nitrogen and oxygen atoms in total. The van der Waals surface area contributed by atoms with Crippen LogP contribution in [0.5, 0.6) is 0 Å². The summed E-state index contributed by atoms with van der Waals surface area (Å²) in [6.07, 6.45) is 0.828. The molecule has 0 bridgehead atoms. The van der Waals surface area contributed by atoms with E-state index in [1.165, 1.54) is 11.6 Å². The lowest BCUT2D eigenvalue weighted by Gasteiger charge is -2.33. The topological polar surface area (TPSA) is 18.5 Å². The van der Waals surface area contributed by atoms with E-state index in [4.69, 9.17) is 9.47 Å². The van der Waals surface area contributed by atoms with Gasteiger partial charge in [0.1, 0.15) is 5.82 Å². The maximum Gasteiger partial charge on any atom is 0.131 e. The highest BCUT2D eigenvalue weighted by Gasteiger charge is 2.30. The SMILES string of the molecule is COCCO[C@@H](c1cc(CC(C)C)ccc1-c1ccccc1F)C(C)(C)C. The van der Waals surface area contributed by atoms with E-state index >= 15 is 0 Å². The monoisotopic (exact) mass is 372 g/mol. The van der Waals surface area contributed by atoms with Gasteiger partial charge in [0.2, 0.25) is 0 Å². The number of ether oxygens (including phenoxy) is 2. The quantitative estimate of drug-likeness (QED) is 0.496. The first-order valence-electron chi connectivity index (χ1n) is 9.72. The van der Waals surface area contributed by atoms with Gasteiger partial charge in [-0.1, -0.05) is 71.0 Å². The van der Waals surface area contributed by atoms with Crippen LogP contribution >= 0.6 is 0 Å². The molecule has 0 unspecified atom stereocenters. The third-order valence-electron chi connectivity index (χ3n) is 4.56. The van der Waals surface area contributed by atoms with Crippen LogP contribution in [0, 0.1) is 17.2 Å². The Morgan fingerprint density at radius 3 is 2.26 bits per heavy atom. The molecule has 2 aromatic carbocycles. The van der Waals surface area contributed by atoms with Gasteiger partial charge in [0.05, 0.1) is 19.3 Å². The van der Waals surface area contributed by atoms with E-state index in [0.717, 1.165) is 17.5 Å². The second-order valence-electron chi connectivity index (χ2n) is 8.61. The van der Waals surface area contributed by atoms with Crippen LogP contribution in [0.15, 0.2) is 42.5 Å². The molecule has 0 fully saturated rings. The molecule has 0 spiro atoms. The minimum absolute atomic E-state index is 0.135. The number of rotatable bonds is 8. The summed E-state index contributed by atoms with van der Waals surface area (Å²) in [5.74, 6) is 0.347. The van der Waals surface area contributed by atoms with E-state index in [0.29, 0.717) is 24.7 Å². The molecular formula is C24H33FO2. The van der Waals surface area contributed by atoms with E-state index in [1.54, 1.807) is 13.2 Å². The van der Waals surface area contributed by atoms with Crippen LogP contribution in [-0.4, -0.2) is 20.3 Å². The minimum Gasteiger partial charge on any atom is -0.382 e. The predicted molar refractivity (Wildman–Crippen MR) is 110 cm³/mol. The first kappa shape index (κ1) is 21.6. The summed E-state index contributed by atoms with van der Waals surface area (Å²) in [6, 6.07) is 13.3. The van der Waals surface area contributed by atoms with E-state index in [-0.39, 0.29) is 17.3 Å². The fourth-order valence-corrected chi connectivity index (χ4v) is 3.41. The first-order valence-corrected chi connectivity index (χ1v) is 9.72. The molecule has 0 amide bonds. The van der Waals surface area contributed by atoms with Gasteiger partial charge >= 0.3 is 0 Å². The number of benzene rings is 2. The third kappa shape index (κ3) is 5.88. The molecule has 2 rings (SSSR count). The zero-order valence-corrected chi connectivity index (χ0v) is 17.5. The Morgan fingerprint density at radius 2 is 1.67 bits per heavy atom. The van der Waals surface area contributed by atoms with Crippen molar-refractivity contribution in [2.45, 2.75) is 47.1 Å². The Kier molecular flexibility index (Phi) is 7.58. The molecule has 2 aromatic rings. The van der Waals surface area contributed by atoms with Crippen molar-refractivity contribution in [3.63, 3.8) is 0 Å². The van der Waals surface area contributed by atoms with Gasteiger partial charge in [-0.05, 0) is 40.5 Å². The fourth-order valence-electron chi connectivity index (χ4n) is 3.41. The second kappa shape index (κ2) is 9.48. The highest BCUT2D eigenvalue weighted by molar-refractivity contribution is 5.69. The van der Waals surface area contributed by atoms with Crippen molar-refractivity contribution < 1.29 is 13.9 Å². The molecule has 0 aliphatic carbocycles. The molecule has 0 N–H and O–H groups in total. The third-order valence-corrected chi connectivity index (χ3v) is 4.56. The molecule has 0 aliphatic rings. The summed E-state index contributed by atoms with van der Waals surface area (Å²) < 4.78 is 26.0. The molecule has 0 radical (unpaired) electrons. The zero-order chi connectivity index (χ0) is 20.0. The van der Waals surface area contributed by atoms with Gasteiger partial charge in [-0.3, -0.25) is 0 Å². The average molecular weight is 373 g/mol. The summed E-state index contributed by atoms with van der Waals surface area (Å²) in [6.45, 7) is 11.9. The van der Waals surface area contributed by atoms with Gasteiger partial charge in [-0.25, -0.2) is 4.39 Å². The normalized spacial score (nSPS) is 13.2. The number of hydrogen-bond donors (Lipinski definition) is 0. The lowest BCUT2D eigenvalue weighted by Crippen LogP contribution is -2.24. The van der Waals surface area contributed by atoms with E-state index < -0.39 is 0 Å². The Hall–Kier alpha value is -1.71. The molecule has 0 saturated carbocycles. The summed E-state index contributed by atoms with van der Waals surface area (Å²) in [5.41, 5.74) is 3.68. The summed E-state index contributed by atoms with van der Waals surface area (Å²) in [4.78, 5) is 0. The lowest BCUT2D eigenvalue weighted by molar-refractivity contribution is -0.0390. The zero-order valence-electron chi connectivity index (χ0n) is 17.5. The molecule has 1 atom stereocenters. The number of methoxy groups -OCH3 is 1. The van der Waals surface area contributed by atoms with Crippen LogP contribution in [0.3, 0.4) is 0 Å². The van der Waals surface area contributed by atoms with Gasteiger partial charge in [0, 0.05) is 12.7 Å². The lowest BCUT2D eigenvalue weighted by atomic mass is 9.80. The molecule has 3 heteroatoms. The van der Waals surface area contributed by atoms with Crippen molar-refractivity contribution in [1.82, 2.24) is 0 Å². The van der Waals surface area contributed by atoms with Crippen molar-refractivity contribution in [3.05, 3.63) is 59.4 Å². The summed E-state index contributed by atoms with van der Waals surface area (Å²) in [5, 5.41) is 0. The van der Waals surface area contributed by atoms with Crippen molar-refractivity contribution in [2.75, 3.05) is 20.3 Å². The van der Waals surface area contributed by atoms with Crippen LogP contribution in [0.4, 0.5) is 4.39 Å². The first-order chi connectivity index (χ1) is 12.7. The van der Waals surface area contributed by atoms with E-state index in [9.17, 15) is 4.39 Å². The highest BCUT2D eigenvalue weighted by Crippen LogP contribution is 2.42. The molecule has 0 heterocycles. The number of hydrogen-bond acceptors (Lipinski definition) is 2. The summed E-state index contributed by atoms with van der Waals surface area (Å²) >= 11 is 0. The van der Waals surface area contributed by atoms with E-state index in [2.05, 4.69) is 46.8 Å². The Bertz CT molecular complexity index is 731. The van der Waals surface area contributed by atoms with Gasteiger partial charge in [-0.15, -0.1) is 0 Å². The molecule has 148 valence electrons. The average Bonchev–Trinajstić information content (AvgIpc) is 2.58. The Morgan fingerprint density at radius 1 is 0.963 bits per heavy atom. The number of halogens is 1. The largest absolute Gasteiger partial charge is 0.382 e. The molecule has 27 heavy (non-hydrogen) atoms. The van der Waals surface area contributed by atoms with Crippen molar-refractivity contribution in [1.29, 1.82) is 0 Å². The van der Waals surface area contributed by atoms with Crippen LogP contribution in [0.2, 0.25) is 0 Å².